The fourth-order valence-electron chi connectivity index (χ4n) is 10.7. The number of nitrogens with zero attached hydrogens (tertiary/aromatic N) is 4. The third-order valence-corrected chi connectivity index (χ3v) is 14.8. The molecule has 2 aliphatic heterocycles. The molecular weight excluding hydrogens is 1060 g/mol. The van der Waals surface area contributed by atoms with E-state index in [2.05, 4.69) is 36.6 Å². The Morgan fingerprint density at radius 2 is 1.06 bits per heavy atom. The number of carbonyl (C=O) groups excluding carboxylic acids is 7. The Kier molecular flexibility index (Phi) is 16.9. The lowest BCUT2D eigenvalue weighted by atomic mass is 9.84. The number of aromatic carboxylic acids is 1. The van der Waals surface area contributed by atoms with Crippen LogP contribution in [-0.2, 0) is 23.9 Å². The molecule has 414 valence electrons. The molecule has 7 amide bonds. The largest absolute Gasteiger partial charge is 0.478 e. The van der Waals surface area contributed by atoms with Gasteiger partial charge in [-0.2, -0.15) is 0 Å². The van der Waals surface area contributed by atoms with Gasteiger partial charge in [-0.25, -0.2) is 19.6 Å². The predicted molar refractivity (Wildman–Crippen MR) is 294 cm³/mol. The summed E-state index contributed by atoms with van der Waals surface area (Å²) in [6.45, 7) is 6.78. The molecule has 0 bridgehead atoms. The zero-order valence-corrected chi connectivity index (χ0v) is 45.1. The van der Waals surface area contributed by atoms with Gasteiger partial charge in [0.05, 0.1) is 32.1 Å². The number of aromatic nitrogens is 2. The SMILES string of the molecule is CC(C)(C)OC(=O)Nc1cccc2oc(C(=O)Nc3ccc(Cl)cn3)c(NC(=O)C3CCC(N4CCCC4=O)CC3)c12.O=C(Nc1ccc(Cl)cn1)c1oc2cccc(C(=O)O)c2c1NC(=O)C1CCC(N2CCCC2=O)CC1. The molecule has 2 saturated heterocycles. The first kappa shape index (κ1) is 55.7. The van der Waals surface area contributed by atoms with E-state index in [1.165, 1.54) is 36.7 Å². The number of pyridine rings is 2. The molecule has 0 atom stereocenters. The maximum absolute atomic E-state index is 13.6. The van der Waals surface area contributed by atoms with Crippen molar-refractivity contribution < 1.29 is 57.0 Å². The van der Waals surface area contributed by atoms with E-state index in [9.17, 15) is 43.5 Å². The van der Waals surface area contributed by atoms with Crippen LogP contribution < -0.4 is 26.6 Å². The van der Waals surface area contributed by atoms with Crippen molar-refractivity contribution in [1.82, 2.24) is 19.8 Å². The number of benzene rings is 2. The molecule has 0 spiro atoms. The zero-order valence-electron chi connectivity index (χ0n) is 43.6. The highest BCUT2D eigenvalue weighted by Crippen LogP contribution is 2.40. The van der Waals surface area contributed by atoms with Crippen LogP contribution >= 0.6 is 23.2 Å². The Morgan fingerprint density at radius 1 is 0.608 bits per heavy atom. The minimum absolute atomic E-state index is 0.00121. The van der Waals surface area contributed by atoms with Gasteiger partial charge < -0.3 is 49.7 Å². The summed E-state index contributed by atoms with van der Waals surface area (Å²) in [4.78, 5) is 114. The summed E-state index contributed by atoms with van der Waals surface area (Å²) in [5.74, 6) is -3.39. The number of anilines is 5. The highest BCUT2D eigenvalue weighted by molar-refractivity contribution is 6.31. The van der Waals surface area contributed by atoms with Crippen LogP contribution in [0.25, 0.3) is 21.9 Å². The molecule has 79 heavy (non-hydrogen) atoms. The van der Waals surface area contributed by atoms with Crippen molar-refractivity contribution in [2.75, 3.05) is 39.7 Å². The van der Waals surface area contributed by atoms with Crippen LogP contribution in [0.3, 0.4) is 0 Å². The molecule has 2 aliphatic carbocycles. The second-order valence-electron chi connectivity index (χ2n) is 20.9. The van der Waals surface area contributed by atoms with E-state index in [0.717, 1.165) is 38.8 Å². The number of carbonyl (C=O) groups is 8. The molecule has 0 unspecified atom stereocenters. The van der Waals surface area contributed by atoms with Crippen LogP contribution in [-0.4, -0.2) is 103 Å². The van der Waals surface area contributed by atoms with Crippen LogP contribution in [0, 0.1) is 11.8 Å². The van der Waals surface area contributed by atoms with Crippen LogP contribution in [0.2, 0.25) is 10.0 Å². The van der Waals surface area contributed by atoms with Crippen molar-refractivity contribution in [3.63, 3.8) is 0 Å². The summed E-state index contributed by atoms with van der Waals surface area (Å²) in [6.07, 6.45) is 10.3. The van der Waals surface area contributed by atoms with E-state index in [4.69, 9.17) is 36.8 Å². The zero-order chi connectivity index (χ0) is 56.1. The summed E-state index contributed by atoms with van der Waals surface area (Å²) >= 11 is 11.8. The number of hydrogen-bond acceptors (Lipinski definition) is 13. The van der Waals surface area contributed by atoms with Crippen LogP contribution in [0.15, 0.2) is 81.9 Å². The van der Waals surface area contributed by atoms with E-state index in [1.54, 1.807) is 57.2 Å². The Hall–Kier alpha value is -8.04. The van der Waals surface area contributed by atoms with E-state index < -0.39 is 29.5 Å². The van der Waals surface area contributed by atoms with Gasteiger partial charge in [0.15, 0.2) is 0 Å². The summed E-state index contributed by atoms with van der Waals surface area (Å²) in [6, 6.07) is 15.8. The molecular formula is C56H59Cl2N9O12. The molecule has 0 radical (unpaired) electrons. The Labute approximate surface area is 463 Å². The third kappa shape index (κ3) is 13.1. The van der Waals surface area contributed by atoms with E-state index in [-0.39, 0.29) is 104 Å². The summed E-state index contributed by atoms with van der Waals surface area (Å²) < 4.78 is 17.1. The number of carboxylic acids is 1. The topological polar surface area (TPSA) is 285 Å². The molecule has 6 heterocycles. The van der Waals surface area contributed by atoms with E-state index in [1.807, 2.05) is 9.80 Å². The molecule has 4 aromatic heterocycles. The standard InChI is InChI=1S/C30H34ClN5O6.C26H25ClN4O6/c1-30(2,3)42-29(40)33-20-6-4-7-21-24(20)25(26(41-21)28(39)34-22-14-11-18(31)16-32-22)35-27(38)17-9-12-19(13-10-17)36-15-5-8-23(36)37;27-15-8-11-19(28-13-15)29-25(34)23-22(21-17(26(35)36)3-1-4-18(21)37-23)30-24(33)14-6-9-16(10-7-14)31-12-2-5-20(31)32/h4,6-7,11,14,16-17,19H,5,8-10,12-13,15H2,1-3H3,(H,33,40)(H,35,38)(H,32,34,39);1,3-4,8,11,13-14,16H,2,5-7,9-10,12H2,(H,30,33)(H,35,36)(H,28,29,34). The number of carboxylic acid groups (broad SMARTS) is 1. The monoisotopic (exact) mass is 1120 g/mol. The van der Waals surface area contributed by atoms with Crippen LogP contribution in [0.4, 0.5) is 33.5 Å². The van der Waals surface area contributed by atoms with Gasteiger partial charge in [0, 0.05) is 62.2 Å². The van der Waals surface area contributed by atoms with Gasteiger partial charge in [-0.05, 0) is 134 Å². The average Bonchev–Trinajstić information content (AvgIpc) is 4.43. The summed E-state index contributed by atoms with van der Waals surface area (Å²) in [5.41, 5.74) is 0.0362. The molecule has 2 saturated carbocycles. The van der Waals surface area contributed by atoms with Crippen molar-refractivity contribution in [3.8, 4) is 0 Å². The van der Waals surface area contributed by atoms with Crippen molar-refractivity contribution in [2.24, 2.45) is 11.8 Å². The van der Waals surface area contributed by atoms with Crippen molar-refractivity contribution in [2.45, 2.75) is 116 Å². The van der Waals surface area contributed by atoms with Gasteiger partial charge in [-0.3, -0.25) is 34.1 Å². The lowest BCUT2D eigenvalue weighted by Gasteiger charge is -2.34. The van der Waals surface area contributed by atoms with Gasteiger partial charge >= 0.3 is 12.1 Å². The predicted octanol–water partition coefficient (Wildman–Crippen LogP) is 10.8. The molecule has 10 rings (SSSR count). The maximum Gasteiger partial charge on any atom is 0.412 e. The molecule has 6 N–H and O–H groups in total. The molecule has 6 aromatic rings. The fraction of sp³-hybridized carbons (Fsp3) is 0.393. The number of likely N-dealkylation sites (tertiary alicyclic amines) is 2. The van der Waals surface area contributed by atoms with Crippen molar-refractivity contribution in [3.05, 3.63) is 100 Å². The number of amides is 7. The first-order valence-corrected chi connectivity index (χ1v) is 27.0. The summed E-state index contributed by atoms with van der Waals surface area (Å²) in [5, 5.41) is 24.7. The smallest absolute Gasteiger partial charge is 0.412 e. The van der Waals surface area contributed by atoms with Crippen molar-refractivity contribution >= 4 is 121 Å². The molecule has 21 nitrogen and oxygen atoms in total. The van der Waals surface area contributed by atoms with Crippen LogP contribution in [0.1, 0.15) is 129 Å². The minimum Gasteiger partial charge on any atom is -0.478 e. The van der Waals surface area contributed by atoms with Crippen LogP contribution in [0.5, 0.6) is 0 Å². The first-order valence-electron chi connectivity index (χ1n) is 26.2. The first-order chi connectivity index (χ1) is 37.8. The Bertz CT molecular complexity index is 3320. The number of hydrogen-bond donors (Lipinski definition) is 6. The minimum atomic E-state index is -1.22. The number of furan rings is 2. The molecule has 2 aromatic carbocycles. The fourth-order valence-corrected chi connectivity index (χ4v) is 10.9. The highest BCUT2D eigenvalue weighted by atomic mass is 35.5. The summed E-state index contributed by atoms with van der Waals surface area (Å²) in [7, 11) is 0. The second-order valence-corrected chi connectivity index (χ2v) is 21.8. The van der Waals surface area contributed by atoms with E-state index in [0.29, 0.717) is 72.5 Å². The van der Waals surface area contributed by atoms with Gasteiger partial charge in [-0.15, -0.1) is 0 Å². The van der Waals surface area contributed by atoms with Gasteiger partial charge in [0.25, 0.3) is 11.8 Å². The molecule has 4 aliphatic rings. The van der Waals surface area contributed by atoms with E-state index >= 15 is 0 Å². The molecule has 23 heteroatoms. The lowest BCUT2D eigenvalue weighted by molar-refractivity contribution is -0.131. The Morgan fingerprint density at radius 3 is 1.48 bits per heavy atom. The maximum atomic E-state index is 13.6. The average molecular weight is 1120 g/mol. The number of ether oxygens (including phenoxy) is 1. The quantitative estimate of drug-likeness (QED) is 0.0665. The third-order valence-electron chi connectivity index (χ3n) is 14.4. The van der Waals surface area contributed by atoms with Gasteiger partial charge in [0.2, 0.25) is 35.1 Å². The normalized spacial score (nSPS) is 19.4. The lowest BCUT2D eigenvalue weighted by Crippen LogP contribution is -2.40. The number of halogens is 2. The number of nitrogens with one attached hydrogen (secondary N) is 5. The van der Waals surface area contributed by atoms with Gasteiger partial charge in [-0.1, -0.05) is 35.3 Å². The second kappa shape index (κ2) is 23.9. The highest BCUT2D eigenvalue weighted by Gasteiger charge is 2.37. The van der Waals surface area contributed by atoms with Crippen molar-refractivity contribution in [1.29, 1.82) is 0 Å². The number of fused-ring (bicyclic) bond motifs is 2. The van der Waals surface area contributed by atoms with Gasteiger partial charge in [0.1, 0.15) is 39.8 Å². The number of rotatable bonds is 12. The molecule has 4 fully saturated rings. The Balaban J connectivity index is 0.000000193.